The van der Waals surface area contributed by atoms with Crippen molar-refractivity contribution in [2.45, 2.75) is 32.4 Å². The lowest BCUT2D eigenvalue weighted by atomic mass is 10.2. The van der Waals surface area contributed by atoms with Gasteiger partial charge in [-0.2, -0.15) is 5.10 Å². The Labute approximate surface area is 84.9 Å². The van der Waals surface area contributed by atoms with Crippen LogP contribution in [0.1, 0.15) is 19.8 Å². The van der Waals surface area contributed by atoms with E-state index < -0.39 is 0 Å². The largest absolute Gasteiger partial charge is 0.396 e. The zero-order chi connectivity index (χ0) is 10.2. The maximum absolute atomic E-state index is 8.65. The third kappa shape index (κ3) is 4.39. The van der Waals surface area contributed by atoms with Crippen molar-refractivity contribution < 1.29 is 5.11 Å². The van der Waals surface area contributed by atoms with E-state index in [0.29, 0.717) is 6.04 Å². The van der Waals surface area contributed by atoms with Gasteiger partial charge in [0.1, 0.15) is 0 Å². The van der Waals surface area contributed by atoms with E-state index in [-0.39, 0.29) is 6.61 Å². The van der Waals surface area contributed by atoms with E-state index in [4.69, 9.17) is 5.11 Å². The van der Waals surface area contributed by atoms with E-state index in [2.05, 4.69) is 17.3 Å². The molecular weight excluding hydrogens is 178 g/mol. The number of hydrogen-bond donors (Lipinski definition) is 2. The second kappa shape index (κ2) is 6.56. The summed E-state index contributed by atoms with van der Waals surface area (Å²) >= 11 is 0. The smallest absolute Gasteiger partial charge is 0.0534 e. The lowest BCUT2D eigenvalue weighted by Crippen LogP contribution is -2.29. The van der Waals surface area contributed by atoms with Crippen LogP contribution in [-0.4, -0.2) is 34.1 Å². The highest BCUT2D eigenvalue weighted by atomic mass is 16.2. The molecule has 4 nitrogen and oxygen atoms in total. The van der Waals surface area contributed by atoms with Crippen LogP contribution in [0.2, 0.25) is 0 Å². The first-order valence-electron chi connectivity index (χ1n) is 5.14. The van der Waals surface area contributed by atoms with Crippen LogP contribution in [0.4, 0.5) is 0 Å². The highest BCUT2D eigenvalue weighted by molar-refractivity contribution is 4.77. The Balaban J connectivity index is 2.03. The van der Waals surface area contributed by atoms with Crippen LogP contribution in [0, 0.1) is 0 Å². The molecule has 2 N–H and O–H groups in total. The molecule has 0 bridgehead atoms. The van der Waals surface area contributed by atoms with Crippen LogP contribution in [-0.2, 0) is 6.54 Å². The zero-order valence-corrected chi connectivity index (χ0v) is 8.69. The summed E-state index contributed by atoms with van der Waals surface area (Å²) in [7, 11) is 0. The summed E-state index contributed by atoms with van der Waals surface area (Å²) in [6.45, 7) is 4.24. The average Bonchev–Trinajstić information content (AvgIpc) is 2.67. The molecule has 0 amide bonds. The van der Waals surface area contributed by atoms with Crippen LogP contribution in [0.5, 0.6) is 0 Å². The molecule has 1 atom stereocenters. The molecule has 80 valence electrons. The van der Waals surface area contributed by atoms with Gasteiger partial charge in [0.25, 0.3) is 0 Å². The summed E-state index contributed by atoms with van der Waals surface area (Å²) in [5.74, 6) is 0. The minimum absolute atomic E-state index is 0.283. The Hall–Kier alpha value is -0.870. The first-order valence-corrected chi connectivity index (χ1v) is 5.14. The molecule has 0 aromatic carbocycles. The van der Waals surface area contributed by atoms with Gasteiger partial charge in [-0.3, -0.25) is 4.68 Å². The minimum atomic E-state index is 0.283. The van der Waals surface area contributed by atoms with Crippen LogP contribution >= 0.6 is 0 Å². The molecule has 0 saturated carbocycles. The molecule has 1 aromatic rings. The molecule has 4 heteroatoms. The summed E-state index contributed by atoms with van der Waals surface area (Å²) < 4.78 is 1.91. The number of rotatable bonds is 7. The van der Waals surface area contributed by atoms with Gasteiger partial charge in [-0.25, -0.2) is 0 Å². The van der Waals surface area contributed by atoms with Gasteiger partial charge in [-0.1, -0.05) is 0 Å². The Morgan fingerprint density at radius 3 is 3.07 bits per heavy atom. The van der Waals surface area contributed by atoms with Gasteiger partial charge in [-0.05, 0) is 25.8 Å². The van der Waals surface area contributed by atoms with Gasteiger partial charge in [0.2, 0.25) is 0 Å². The maximum Gasteiger partial charge on any atom is 0.0534 e. The van der Waals surface area contributed by atoms with E-state index in [1.54, 1.807) is 6.20 Å². The molecule has 0 aliphatic heterocycles. The SMILES string of the molecule is CC(CCCO)NCCn1cccn1. The summed E-state index contributed by atoms with van der Waals surface area (Å²) in [4.78, 5) is 0. The first-order chi connectivity index (χ1) is 6.83. The molecule has 0 aliphatic rings. The highest BCUT2D eigenvalue weighted by Crippen LogP contribution is 1.94. The van der Waals surface area contributed by atoms with Crippen LogP contribution in [0.3, 0.4) is 0 Å². The monoisotopic (exact) mass is 197 g/mol. The molecule has 0 spiro atoms. The summed E-state index contributed by atoms with van der Waals surface area (Å²) in [6, 6.07) is 2.40. The highest BCUT2D eigenvalue weighted by Gasteiger charge is 1.99. The topological polar surface area (TPSA) is 50.1 Å². The van der Waals surface area contributed by atoms with Crippen molar-refractivity contribution in [3.63, 3.8) is 0 Å². The predicted octanol–water partition coefficient (Wildman–Crippen LogP) is 0.634. The maximum atomic E-state index is 8.65. The standard InChI is InChI=1S/C10H19N3O/c1-10(4-2-9-14)11-6-8-13-7-3-5-12-13/h3,5,7,10-11,14H,2,4,6,8-9H2,1H3. The van der Waals surface area contributed by atoms with Crippen molar-refractivity contribution in [2.75, 3.05) is 13.2 Å². The number of nitrogens with one attached hydrogen (secondary N) is 1. The normalized spacial score (nSPS) is 13.0. The van der Waals surface area contributed by atoms with Crippen molar-refractivity contribution >= 4 is 0 Å². The number of nitrogens with zero attached hydrogens (tertiary/aromatic N) is 2. The van der Waals surface area contributed by atoms with Crippen molar-refractivity contribution in [2.24, 2.45) is 0 Å². The van der Waals surface area contributed by atoms with Gasteiger partial charge in [0.15, 0.2) is 0 Å². The molecular formula is C10H19N3O. The molecule has 1 aromatic heterocycles. The van der Waals surface area contributed by atoms with Gasteiger partial charge in [-0.15, -0.1) is 0 Å². The lowest BCUT2D eigenvalue weighted by molar-refractivity contribution is 0.276. The number of hydrogen-bond acceptors (Lipinski definition) is 3. The number of aliphatic hydroxyl groups is 1. The fraction of sp³-hybridized carbons (Fsp3) is 0.700. The average molecular weight is 197 g/mol. The first kappa shape index (κ1) is 11.2. The van der Waals surface area contributed by atoms with E-state index in [1.165, 1.54) is 0 Å². The van der Waals surface area contributed by atoms with Crippen LogP contribution in [0.15, 0.2) is 18.5 Å². The van der Waals surface area contributed by atoms with Gasteiger partial charge >= 0.3 is 0 Å². The molecule has 1 heterocycles. The van der Waals surface area contributed by atoms with Gasteiger partial charge < -0.3 is 10.4 Å². The van der Waals surface area contributed by atoms with Crippen LogP contribution < -0.4 is 5.32 Å². The lowest BCUT2D eigenvalue weighted by Gasteiger charge is -2.12. The second-order valence-corrected chi connectivity index (χ2v) is 3.49. The molecule has 0 fully saturated rings. The predicted molar refractivity (Wildman–Crippen MR) is 56.0 cm³/mol. The van der Waals surface area contributed by atoms with E-state index in [9.17, 15) is 0 Å². The molecule has 1 unspecified atom stereocenters. The van der Waals surface area contributed by atoms with Gasteiger partial charge in [0.05, 0.1) is 6.54 Å². The number of aliphatic hydroxyl groups excluding tert-OH is 1. The number of aromatic nitrogens is 2. The van der Waals surface area contributed by atoms with Crippen LogP contribution in [0.25, 0.3) is 0 Å². The molecule has 14 heavy (non-hydrogen) atoms. The minimum Gasteiger partial charge on any atom is -0.396 e. The Bertz CT molecular complexity index is 223. The van der Waals surface area contributed by atoms with E-state index in [0.717, 1.165) is 25.9 Å². The molecule has 0 aliphatic carbocycles. The fourth-order valence-corrected chi connectivity index (χ4v) is 1.36. The Morgan fingerprint density at radius 2 is 2.43 bits per heavy atom. The van der Waals surface area contributed by atoms with E-state index >= 15 is 0 Å². The van der Waals surface area contributed by atoms with Crippen molar-refractivity contribution in [3.05, 3.63) is 18.5 Å². The summed E-state index contributed by atoms with van der Waals surface area (Å²) in [6.07, 6.45) is 5.64. The van der Waals surface area contributed by atoms with E-state index in [1.807, 2.05) is 16.9 Å². The zero-order valence-electron chi connectivity index (χ0n) is 8.69. The molecule has 0 saturated heterocycles. The second-order valence-electron chi connectivity index (χ2n) is 3.49. The van der Waals surface area contributed by atoms with Crippen molar-refractivity contribution in [1.82, 2.24) is 15.1 Å². The van der Waals surface area contributed by atoms with Gasteiger partial charge in [0, 0.05) is 31.6 Å². The fourth-order valence-electron chi connectivity index (χ4n) is 1.36. The van der Waals surface area contributed by atoms with Crippen molar-refractivity contribution in [3.8, 4) is 0 Å². The molecule has 1 rings (SSSR count). The third-order valence-corrected chi connectivity index (χ3v) is 2.19. The van der Waals surface area contributed by atoms with Crippen molar-refractivity contribution in [1.29, 1.82) is 0 Å². The summed E-state index contributed by atoms with van der Waals surface area (Å²) in [5, 5.41) is 16.1. The third-order valence-electron chi connectivity index (χ3n) is 2.19. The quantitative estimate of drug-likeness (QED) is 0.674. The molecule has 0 radical (unpaired) electrons. The Kier molecular flexibility index (Phi) is 5.25. The summed E-state index contributed by atoms with van der Waals surface area (Å²) in [5.41, 5.74) is 0. The Morgan fingerprint density at radius 1 is 1.57 bits per heavy atom.